The lowest BCUT2D eigenvalue weighted by Crippen LogP contribution is -2.37. The van der Waals surface area contributed by atoms with E-state index in [1.54, 1.807) is 18.2 Å². The molecular formula is C18H17BrClN3O3. The molecule has 0 unspecified atom stereocenters. The minimum Gasteiger partial charge on any atom is -0.449 e. The van der Waals surface area contributed by atoms with Gasteiger partial charge in [0.1, 0.15) is 11.6 Å². The third-order valence-corrected chi connectivity index (χ3v) is 4.31. The molecule has 2 aromatic carbocycles. The van der Waals surface area contributed by atoms with E-state index >= 15 is 0 Å². The van der Waals surface area contributed by atoms with Crippen LogP contribution in [0.3, 0.4) is 0 Å². The van der Waals surface area contributed by atoms with Crippen molar-refractivity contribution in [2.75, 3.05) is 5.32 Å². The maximum absolute atomic E-state index is 11.9. The SMILES string of the molecule is Cl.NC(=O)c1oc2ccc(Br)cc2c1N[C@@H](Cc1ccccc1)C(N)=O. The van der Waals surface area contributed by atoms with Crippen LogP contribution in [0.15, 0.2) is 57.4 Å². The molecule has 136 valence electrons. The average Bonchev–Trinajstić information content (AvgIpc) is 2.93. The summed E-state index contributed by atoms with van der Waals surface area (Å²) in [6.45, 7) is 0. The number of amides is 2. The van der Waals surface area contributed by atoms with Crippen molar-refractivity contribution in [1.82, 2.24) is 0 Å². The summed E-state index contributed by atoms with van der Waals surface area (Å²) in [4.78, 5) is 23.7. The maximum Gasteiger partial charge on any atom is 0.286 e. The summed E-state index contributed by atoms with van der Waals surface area (Å²) in [7, 11) is 0. The van der Waals surface area contributed by atoms with Crippen LogP contribution in [0.5, 0.6) is 0 Å². The molecule has 0 spiro atoms. The predicted octanol–water partition coefficient (Wildman–Crippen LogP) is 3.22. The zero-order chi connectivity index (χ0) is 18.0. The van der Waals surface area contributed by atoms with Gasteiger partial charge in [0.05, 0.1) is 5.69 Å². The van der Waals surface area contributed by atoms with Crippen LogP contribution in [0.25, 0.3) is 11.0 Å². The standard InChI is InChI=1S/C18H16BrN3O3.ClH/c19-11-6-7-14-12(9-11)15(16(25-14)18(21)24)22-13(17(20)23)8-10-4-2-1-3-5-10;/h1-7,9,13,22H,8H2,(H2,20,23)(H2,21,24);1H/t13-;/m0./s1. The lowest BCUT2D eigenvalue weighted by Gasteiger charge is -2.16. The number of nitrogens with two attached hydrogens (primary N) is 2. The molecule has 1 atom stereocenters. The normalized spacial score (nSPS) is 11.6. The minimum absolute atomic E-state index is 0. The van der Waals surface area contributed by atoms with E-state index in [9.17, 15) is 9.59 Å². The Labute approximate surface area is 164 Å². The Hall–Kier alpha value is -2.51. The summed E-state index contributed by atoms with van der Waals surface area (Å²) in [6, 6.07) is 14.0. The van der Waals surface area contributed by atoms with Crippen molar-refractivity contribution < 1.29 is 14.0 Å². The van der Waals surface area contributed by atoms with Gasteiger partial charge in [-0.2, -0.15) is 0 Å². The molecule has 0 fully saturated rings. The number of carbonyl (C=O) groups is 2. The van der Waals surface area contributed by atoms with E-state index in [4.69, 9.17) is 15.9 Å². The molecule has 3 aromatic rings. The predicted molar refractivity (Wildman–Crippen MR) is 106 cm³/mol. The van der Waals surface area contributed by atoms with Crippen molar-refractivity contribution in [1.29, 1.82) is 0 Å². The molecule has 0 bridgehead atoms. The average molecular weight is 439 g/mol. The lowest BCUT2D eigenvalue weighted by atomic mass is 10.0. The van der Waals surface area contributed by atoms with Crippen molar-refractivity contribution in [3.8, 4) is 0 Å². The first-order chi connectivity index (χ1) is 12.0. The summed E-state index contributed by atoms with van der Waals surface area (Å²) in [6.07, 6.45) is 0.370. The van der Waals surface area contributed by atoms with Crippen LogP contribution in [-0.4, -0.2) is 17.9 Å². The molecule has 0 radical (unpaired) electrons. The fraction of sp³-hybridized carbons (Fsp3) is 0.111. The molecule has 0 saturated heterocycles. The van der Waals surface area contributed by atoms with Crippen LogP contribution < -0.4 is 16.8 Å². The van der Waals surface area contributed by atoms with Crippen molar-refractivity contribution in [2.45, 2.75) is 12.5 Å². The second kappa shape index (κ2) is 8.25. The number of nitrogens with one attached hydrogen (secondary N) is 1. The van der Waals surface area contributed by atoms with Gasteiger partial charge in [-0.05, 0) is 23.8 Å². The number of furan rings is 1. The molecule has 2 amide bonds. The fourth-order valence-electron chi connectivity index (χ4n) is 2.63. The second-order valence-electron chi connectivity index (χ2n) is 5.60. The van der Waals surface area contributed by atoms with Gasteiger partial charge in [0.15, 0.2) is 0 Å². The van der Waals surface area contributed by atoms with E-state index in [-0.39, 0.29) is 18.2 Å². The molecule has 8 heteroatoms. The third kappa shape index (κ3) is 4.17. The highest BCUT2D eigenvalue weighted by Gasteiger charge is 2.24. The molecule has 6 nitrogen and oxygen atoms in total. The third-order valence-electron chi connectivity index (χ3n) is 3.82. The van der Waals surface area contributed by atoms with Gasteiger partial charge in [0, 0.05) is 16.3 Å². The van der Waals surface area contributed by atoms with Crippen molar-refractivity contribution >= 4 is 56.8 Å². The molecular weight excluding hydrogens is 422 g/mol. The highest BCUT2D eigenvalue weighted by Crippen LogP contribution is 2.33. The summed E-state index contributed by atoms with van der Waals surface area (Å²) in [5, 5.41) is 3.68. The minimum atomic E-state index is -0.724. The van der Waals surface area contributed by atoms with Crippen molar-refractivity contribution in [3.63, 3.8) is 0 Å². The van der Waals surface area contributed by atoms with Crippen LogP contribution in [0.4, 0.5) is 5.69 Å². The zero-order valence-electron chi connectivity index (χ0n) is 13.6. The number of primary amides is 2. The van der Waals surface area contributed by atoms with Gasteiger partial charge in [-0.25, -0.2) is 0 Å². The molecule has 1 aromatic heterocycles. The van der Waals surface area contributed by atoms with Crippen LogP contribution in [-0.2, 0) is 11.2 Å². The fourth-order valence-corrected chi connectivity index (χ4v) is 2.99. The van der Waals surface area contributed by atoms with Crippen LogP contribution in [0.2, 0.25) is 0 Å². The number of anilines is 1. The number of carbonyl (C=O) groups excluding carboxylic acids is 2. The lowest BCUT2D eigenvalue weighted by molar-refractivity contribution is -0.118. The van der Waals surface area contributed by atoms with E-state index in [1.165, 1.54) is 0 Å². The molecule has 0 aliphatic heterocycles. The van der Waals surface area contributed by atoms with Gasteiger partial charge in [-0.3, -0.25) is 9.59 Å². The van der Waals surface area contributed by atoms with Crippen LogP contribution >= 0.6 is 28.3 Å². The molecule has 26 heavy (non-hydrogen) atoms. The van der Waals surface area contributed by atoms with E-state index < -0.39 is 17.9 Å². The Bertz CT molecular complexity index is 944. The summed E-state index contributed by atoms with van der Waals surface area (Å²) in [5.41, 5.74) is 12.8. The highest BCUT2D eigenvalue weighted by molar-refractivity contribution is 9.10. The van der Waals surface area contributed by atoms with Gasteiger partial charge < -0.3 is 21.2 Å². The summed E-state index contributed by atoms with van der Waals surface area (Å²) in [5.74, 6) is -1.30. The van der Waals surface area contributed by atoms with Gasteiger partial charge in [-0.1, -0.05) is 46.3 Å². The maximum atomic E-state index is 11.9. The van der Waals surface area contributed by atoms with E-state index in [0.29, 0.717) is 23.1 Å². The van der Waals surface area contributed by atoms with Gasteiger partial charge in [0.2, 0.25) is 11.7 Å². The molecule has 1 heterocycles. The molecule has 0 saturated carbocycles. The van der Waals surface area contributed by atoms with Gasteiger partial charge in [0.25, 0.3) is 5.91 Å². The van der Waals surface area contributed by atoms with Crippen molar-refractivity contribution in [3.05, 3.63) is 64.3 Å². The molecule has 0 aliphatic rings. The number of fused-ring (bicyclic) bond motifs is 1. The Balaban J connectivity index is 0.00000243. The number of halogens is 2. The van der Waals surface area contributed by atoms with Crippen molar-refractivity contribution in [2.24, 2.45) is 11.5 Å². The summed E-state index contributed by atoms with van der Waals surface area (Å²) >= 11 is 3.38. The number of hydrogen-bond donors (Lipinski definition) is 3. The Morgan fingerprint density at radius 2 is 1.81 bits per heavy atom. The molecule has 3 rings (SSSR count). The topological polar surface area (TPSA) is 111 Å². The Morgan fingerprint density at radius 1 is 1.12 bits per heavy atom. The quantitative estimate of drug-likeness (QED) is 0.548. The van der Waals surface area contributed by atoms with E-state index in [1.807, 2.05) is 30.3 Å². The monoisotopic (exact) mass is 437 g/mol. The Morgan fingerprint density at radius 3 is 2.42 bits per heavy atom. The van der Waals surface area contributed by atoms with Crippen LogP contribution in [0.1, 0.15) is 16.1 Å². The first-order valence-corrected chi connectivity index (χ1v) is 8.36. The van der Waals surface area contributed by atoms with E-state index in [0.717, 1.165) is 10.0 Å². The number of benzene rings is 2. The zero-order valence-corrected chi connectivity index (χ0v) is 16.0. The van der Waals surface area contributed by atoms with Gasteiger partial charge >= 0.3 is 0 Å². The summed E-state index contributed by atoms with van der Waals surface area (Å²) < 4.78 is 6.34. The second-order valence-corrected chi connectivity index (χ2v) is 6.52. The highest BCUT2D eigenvalue weighted by atomic mass is 79.9. The van der Waals surface area contributed by atoms with Gasteiger partial charge in [-0.15, -0.1) is 12.4 Å². The first kappa shape index (κ1) is 19.8. The number of hydrogen-bond acceptors (Lipinski definition) is 4. The molecule has 0 aliphatic carbocycles. The number of rotatable bonds is 6. The molecule has 5 N–H and O–H groups in total. The Kier molecular flexibility index (Phi) is 6.28. The largest absolute Gasteiger partial charge is 0.449 e. The van der Waals surface area contributed by atoms with Crippen LogP contribution in [0, 0.1) is 0 Å². The van der Waals surface area contributed by atoms with E-state index in [2.05, 4.69) is 21.2 Å². The first-order valence-electron chi connectivity index (χ1n) is 7.57. The smallest absolute Gasteiger partial charge is 0.286 e.